The van der Waals surface area contributed by atoms with Crippen LogP contribution in [0.3, 0.4) is 0 Å². The molecule has 4 rings (SSSR count). The third kappa shape index (κ3) is 3.27. The number of fused-ring (bicyclic) bond motifs is 1. The summed E-state index contributed by atoms with van der Waals surface area (Å²) in [4.78, 5) is 50.7. The van der Waals surface area contributed by atoms with Gasteiger partial charge in [0, 0.05) is 5.56 Å². The van der Waals surface area contributed by atoms with Crippen LogP contribution in [-0.2, 0) is 4.79 Å². The van der Waals surface area contributed by atoms with E-state index >= 15 is 0 Å². The van der Waals surface area contributed by atoms with Crippen LogP contribution in [0.4, 0.5) is 4.79 Å². The summed E-state index contributed by atoms with van der Waals surface area (Å²) in [7, 11) is 0. The third-order valence-corrected chi connectivity index (χ3v) is 5.17. The molecule has 0 radical (unpaired) electrons. The molecule has 0 bridgehead atoms. The highest BCUT2D eigenvalue weighted by Gasteiger charge is 2.36. The molecule has 3 aromatic rings. The molecule has 2 heterocycles. The Balaban J connectivity index is 1.61. The van der Waals surface area contributed by atoms with Gasteiger partial charge in [-0.3, -0.25) is 24.1 Å². The zero-order valence-electron chi connectivity index (χ0n) is 14.5. The minimum atomic E-state index is -0.605. The standard InChI is InChI=1S/C21H13NO5S/c23-16(13-6-2-1-3-7-13)11-22-20(25)18(28-21(22)26)10-14-12-27-17-9-5-4-8-15(17)19(14)24/h1-10,12H,11H2. The Labute approximate surface area is 163 Å². The molecule has 7 heteroatoms. The lowest BCUT2D eigenvalue weighted by atomic mass is 10.1. The van der Waals surface area contributed by atoms with E-state index < -0.39 is 11.1 Å². The Bertz CT molecular complexity index is 1200. The predicted octanol–water partition coefficient (Wildman–Crippen LogP) is 3.71. The summed E-state index contributed by atoms with van der Waals surface area (Å²) < 4.78 is 5.43. The number of rotatable bonds is 4. The molecule has 2 amide bonds. The molecule has 138 valence electrons. The van der Waals surface area contributed by atoms with E-state index in [1.807, 2.05) is 0 Å². The van der Waals surface area contributed by atoms with Gasteiger partial charge in [-0.15, -0.1) is 0 Å². The molecule has 0 atom stereocenters. The van der Waals surface area contributed by atoms with Gasteiger partial charge in [-0.2, -0.15) is 0 Å². The van der Waals surface area contributed by atoms with Crippen LogP contribution in [0.15, 0.2) is 75.0 Å². The molecule has 28 heavy (non-hydrogen) atoms. The minimum absolute atomic E-state index is 0.0773. The van der Waals surface area contributed by atoms with E-state index in [0.717, 1.165) is 4.90 Å². The molecular weight excluding hydrogens is 378 g/mol. The second kappa shape index (κ2) is 7.28. The van der Waals surface area contributed by atoms with Crippen molar-refractivity contribution in [1.82, 2.24) is 4.90 Å². The highest BCUT2D eigenvalue weighted by molar-refractivity contribution is 8.18. The van der Waals surface area contributed by atoms with Crippen LogP contribution >= 0.6 is 11.8 Å². The van der Waals surface area contributed by atoms with E-state index in [1.54, 1.807) is 54.6 Å². The summed E-state index contributed by atoms with van der Waals surface area (Å²) in [5, 5.41) is -0.166. The first-order valence-electron chi connectivity index (χ1n) is 8.39. The number of carbonyl (C=O) groups excluding carboxylic acids is 3. The fourth-order valence-electron chi connectivity index (χ4n) is 2.83. The molecule has 1 saturated heterocycles. The van der Waals surface area contributed by atoms with Crippen LogP contribution in [0.25, 0.3) is 17.0 Å². The Hall–Kier alpha value is -3.45. The Kier molecular flexibility index (Phi) is 4.67. The number of thioether (sulfide) groups is 1. The van der Waals surface area contributed by atoms with E-state index in [-0.39, 0.29) is 28.2 Å². The Morgan fingerprint density at radius 2 is 1.71 bits per heavy atom. The lowest BCUT2D eigenvalue weighted by Crippen LogP contribution is -2.33. The molecule has 0 aliphatic carbocycles. The number of carbonyl (C=O) groups is 3. The first-order valence-corrected chi connectivity index (χ1v) is 9.20. The van der Waals surface area contributed by atoms with Crippen molar-refractivity contribution >= 4 is 45.7 Å². The topological polar surface area (TPSA) is 84.7 Å². The molecule has 2 aromatic carbocycles. The first kappa shape index (κ1) is 17.9. The zero-order valence-corrected chi connectivity index (χ0v) is 15.3. The van der Waals surface area contributed by atoms with Gasteiger partial charge in [-0.05, 0) is 30.0 Å². The van der Waals surface area contributed by atoms with E-state index in [0.29, 0.717) is 28.3 Å². The van der Waals surface area contributed by atoms with Crippen LogP contribution in [0.2, 0.25) is 0 Å². The maximum Gasteiger partial charge on any atom is 0.293 e. The maximum absolute atomic E-state index is 12.6. The van der Waals surface area contributed by atoms with Crippen molar-refractivity contribution in [3.63, 3.8) is 0 Å². The zero-order chi connectivity index (χ0) is 19.7. The number of para-hydroxylation sites is 1. The van der Waals surface area contributed by atoms with Crippen LogP contribution < -0.4 is 5.43 Å². The Morgan fingerprint density at radius 3 is 2.50 bits per heavy atom. The minimum Gasteiger partial charge on any atom is -0.463 e. The second-order valence-electron chi connectivity index (χ2n) is 6.07. The molecule has 0 spiro atoms. The van der Waals surface area contributed by atoms with Crippen molar-refractivity contribution in [2.45, 2.75) is 0 Å². The number of ketones is 1. The molecule has 0 N–H and O–H groups in total. The van der Waals surface area contributed by atoms with Gasteiger partial charge in [0.1, 0.15) is 11.8 Å². The van der Waals surface area contributed by atoms with Gasteiger partial charge in [0.2, 0.25) is 0 Å². The second-order valence-corrected chi connectivity index (χ2v) is 7.07. The van der Waals surface area contributed by atoms with Gasteiger partial charge in [0.15, 0.2) is 11.2 Å². The molecule has 6 nitrogen and oxygen atoms in total. The fraction of sp³-hybridized carbons (Fsp3) is 0.0476. The van der Waals surface area contributed by atoms with Crippen molar-refractivity contribution < 1.29 is 18.8 Å². The maximum atomic E-state index is 12.6. The summed E-state index contributed by atoms with van der Waals surface area (Å²) in [6.45, 7) is -0.349. The number of amides is 2. The molecule has 0 unspecified atom stereocenters. The van der Waals surface area contributed by atoms with Crippen molar-refractivity contribution in [2.24, 2.45) is 0 Å². The lowest BCUT2D eigenvalue weighted by molar-refractivity contribution is -0.122. The fourth-order valence-corrected chi connectivity index (χ4v) is 3.66. The molecule has 1 fully saturated rings. The highest BCUT2D eigenvalue weighted by Crippen LogP contribution is 2.32. The molecule has 1 aliphatic heterocycles. The number of benzene rings is 2. The van der Waals surface area contributed by atoms with E-state index in [2.05, 4.69) is 0 Å². The monoisotopic (exact) mass is 391 g/mol. The molecular formula is C21H13NO5S. The van der Waals surface area contributed by atoms with Crippen molar-refractivity contribution in [3.05, 3.63) is 87.1 Å². The Morgan fingerprint density at radius 1 is 1.00 bits per heavy atom. The van der Waals surface area contributed by atoms with Crippen LogP contribution in [0.5, 0.6) is 0 Å². The third-order valence-electron chi connectivity index (χ3n) is 4.26. The summed E-state index contributed by atoms with van der Waals surface area (Å²) in [5.74, 6) is -0.943. The van der Waals surface area contributed by atoms with E-state index in [9.17, 15) is 19.2 Å². The summed E-state index contributed by atoms with van der Waals surface area (Å²) in [6.07, 6.45) is 2.59. The van der Waals surface area contributed by atoms with Crippen molar-refractivity contribution in [3.8, 4) is 0 Å². The predicted molar refractivity (Wildman–Crippen MR) is 106 cm³/mol. The largest absolute Gasteiger partial charge is 0.463 e. The van der Waals surface area contributed by atoms with Gasteiger partial charge in [0.05, 0.1) is 22.4 Å². The van der Waals surface area contributed by atoms with Gasteiger partial charge in [-0.25, -0.2) is 0 Å². The summed E-state index contributed by atoms with van der Waals surface area (Å²) in [6, 6.07) is 15.2. The molecule has 0 saturated carbocycles. The van der Waals surface area contributed by atoms with Crippen LogP contribution in [0.1, 0.15) is 15.9 Å². The SMILES string of the molecule is O=C(CN1C(=O)SC(=Cc2coc3ccccc3c2=O)C1=O)c1ccccc1. The molecule has 1 aliphatic rings. The smallest absolute Gasteiger partial charge is 0.293 e. The molecule has 1 aromatic heterocycles. The van der Waals surface area contributed by atoms with Gasteiger partial charge in [-0.1, -0.05) is 42.5 Å². The quantitative estimate of drug-likeness (QED) is 0.498. The number of hydrogen-bond acceptors (Lipinski definition) is 6. The van der Waals surface area contributed by atoms with Crippen LogP contribution in [0, 0.1) is 0 Å². The first-order chi connectivity index (χ1) is 13.5. The average Bonchev–Trinajstić information content (AvgIpc) is 2.98. The average molecular weight is 391 g/mol. The van der Waals surface area contributed by atoms with Gasteiger partial charge >= 0.3 is 0 Å². The summed E-state index contributed by atoms with van der Waals surface area (Å²) >= 11 is 0.694. The summed E-state index contributed by atoms with van der Waals surface area (Å²) in [5.41, 5.74) is 0.722. The van der Waals surface area contributed by atoms with Gasteiger partial charge < -0.3 is 4.42 Å². The van der Waals surface area contributed by atoms with E-state index in [1.165, 1.54) is 12.3 Å². The van der Waals surface area contributed by atoms with Crippen molar-refractivity contribution in [1.29, 1.82) is 0 Å². The van der Waals surface area contributed by atoms with Crippen molar-refractivity contribution in [2.75, 3.05) is 6.54 Å². The lowest BCUT2D eigenvalue weighted by Gasteiger charge is -2.11. The number of nitrogens with zero attached hydrogens (tertiary/aromatic N) is 1. The highest BCUT2D eigenvalue weighted by atomic mass is 32.2. The van der Waals surface area contributed by atoms with Crippen LogP contribution in [-0.4, -0.2) is 28.4 Å². The number of hydrogen-bond donors (Lipinski definition) is 0. The van der Waals surface area contributed by atoms with E-state index in [4.69, 9.17) is 4.42 Å². The van der Waals surface area contributed by atoms with Gasteiger partial charge in [0.25, 0.3) is 11.1 Å². The number of Topliss-reactive ketones (excluding diaryl/α,β-unsaturated/α-hetero) is 1. The normalized spacial score (nSPS) is 15.6. The number of imide groups is 1.